The van der Waals surface area contributed by atoms with Gasteiger partial charge in [0, 0.05) is 4.47 Å². The number of rotatable bonds is 2. The number of carbonyl (C=O) groups excluding carboxylic acids is 1. The Hall–Kier alpha value is -0.630. The number of carbonyl (C=O) groups is 1. The molecule has 0 spiro atoms. The van der Waals surface area contributed by atoms with Crippen LogP contribution in [0.25, 0.3) is 0 Å². The van der Waals surface area contributed by atoms with Crippen LogP contribution in [-0.2, 0) is 0 Å². The lowest BCUT2D eigenvalue weighted by Crippen LogP contribution is -2.39. The van der Waals surface area contributed by atoms with Crippen LogP contribution in [0.5, 0.6) is 5.75 Å². The van der Waals surface area contributed by atoms with Crippen molar-refractivity contribution in [3.8, 4) is 5.75 Å². The summed E-state index contributed by atoms with van der Waals surface area (Å²) in [6.07, 6.45) is 0. The van der Waals surface area contributed by atoms with Gasteiger partial charge in [-0.25, -0.2) is 10.9 Å². The Kier molecular flexibility index (Phi) is 4.72. The molecule has 1 aromatic rings. The van der Waals surface area contributed by atoms with Crippen LogP contribution >= 0.6 is 40.8 Å². The topological polar surface area (TPSA) is 55.6 Å². The Labute approximate surface area is 112 Å². The monoisotopic (exact) mass is 320 g/mol. The van der Waals surface area contributed by atoms with Gasteiger partial charge in [0.1, 0.15) is 5.75 Å². The van der Waals surface area contributed by atoms with Gasteiger partial charge in [0.15, 0.2) is 4.32 Å². The summed E-state index contributed by atoms with van der Waals surface area (Å²) in [7, 11) is 1.47. The van der Waals surface area contributed by atoms with Crippen molar-refractivity contribution in [1.29, 1.82) is 0 Å². The molecular formula is C9H9BrN2O2S2. The molecule has 0 heterocycles. The summed E-state index contributed by atoms with van der Waals surface area (Å²) in [4.78, 5) is 11.8. The van der Waals surface area contributed by atoms with E-state index in [-0.39, 0.29) is 4.32 Å². The minimum Gasteiger partial charge on any atom is -0.496 e. The number of halogens is 1. The van der Waals surface area contributed by atoms with Crippen molar-refractivity contribution >= 4 is 51.0 Å². The number of benzene rings is 1. The molecule has 0 bridgehead atoms. The number of methoxy groups -OCH3 is 1. The Morgan fingerprint density at radius 2 is 2.25 bits per heavy atom. The summed E-state index contributed by atoms with van der Waals surface area (Å²) < 4.78 is 5.87. The third-order valence-electron chi connectivity index (χ3n) is 1.82. The van der Waals surface area contributed by atoms with E-state index in [0.717, 1.165) is 9.48 Å². The van der Waals surface area contributed by atoms with Crippen molar-refractivity contribution in [3.05, 3.63) is 28.2 Å². The second-order valence-corrected chi connectivity index (χ2v) is 4.83. The molecule has 0 saturated carbocycles. The standard InChI is InChI=1S/C9H9BrN2O2S2/c1-14-7-4-5(10)2-3-6(7)8(13)12(11)9(15)16/h2-4H,11H2,1H3,(H,15,16). The molecule has 0 saturated heterocycles. The number of hydrazine groups is 1. The minimum atomic E-state index is -0.468. The van der Waals surface area contributed by atoms with Gasteiger partial charge >= 0.3 is 0 Å². The molecule has 16 heavy (non-hydrogen) atoms. The van der Waals surface area contributed by atoms with Crippen molar-refractivity contribution in [3.63, 3.8) is 0 Å². The number of hydrogen-bond acceptors (Lipinski definition) is 4. The van der Waals surface area contributed by atoms with Gasteiger partial charge in [-0.05, 0) is 18.2 Å². The first kappa shape index (κ1) is 13.4. The van der Waals surface area contributed by atoms with Crippen LogP contribution in [0.3, 0.4) is 0 Å². The minimum absolute atomic E-state index is 0.00466. The highest BCUT2D eigenvalue weighted by atomic mass is 79.9. The number of nitrogens with two attached hydrogens (primary N) is 1. The summed E-state index contributed by atoms with van der Waals surface area (Å²) in [6.45, 7) is 0. The summed E-state index contributed by atoms with van der Waals surface area (Å²) in [5, 5.41) is 0.782. The van der Waals surface area contributed by atoms with E-state index < -0.39 is 5.91 Å². The molecule has 0 aromatic heterocycles. The largest absolute Gasteiger partial charge is 0.496 e. The van der Waals surface area contributed by atoms with Crippen LogP contribution in [0.1, 0.15) is 10.4 Å². The smallest absolute Gasteiger partial charge is 0.277 e. The maximum atomic E-state index is 11.8. The molecule has 1 aromatic carbocycles. The molecule has 2 N–H and O–H groups in total. The molecule has 1 rings (SSSR count). The van der Waals surface area contributed by atoms with Gasteiger partial charge in [0.05, 0.1) is 12.7 Å². The second kappa shape index (κ2) is 5.62. The van der Waals surface area contributed by atoms with Crippen LogP contribution in [0, 0.1) is 0 Å². The van der Waals surface area contributed by atoms with Crippen LogP contribution < -0.4 is 10.6 Å². The molecule has 0 aliphatic heterocycles. The van der Waals surface area contributed by atoms with Crippen LogP contribution in [0.15, 0.2) is 22.7 Å². The molecule has 1 amide bonds. The Morgan fingerprint density at radius 1 is 1.62 bits per heavy atom. The van der Waals surface area contributed by atoms with Crippen molar-refractivity contribution in [2.75, 3.05) is 7.11 Å². The number of thiol groups is 1. The first-order valence-corrected chi connectivity index (χ1v) is 5.78. The lowest BCUT2D eigenvalue weighted by atomic mass is 10.2. The Morgan fingerprint density at radius 3 is 2.75 bits per heavy atom. The fraction of sp³-hybridized carbons (Fsp3) is 0.111. The maximum Gasteiger partial charge on any atom is 0.277 e. The van der Waals surface area contributed by atoms with E-state index in [1.54, 1.807) is 18.2 Å². The van der Waals surface area contributed by atoms with Gasteiger partial charge in [-0.1, -0.05) is 28.1 Å². The number of nitrogens with zero attached hydrogens (tertiary/aromatic N) is 1. The summed E-state index contributed by atoms with van der Waals surface area (Å²) in [5.74, 6) is 5.40. The number of ether oxygens (including phenoxy) is 1. The average Bonchev–Trinajstić information content (AvgIpc) is 2.26. The van der Waals surface area contributed by atoms with E-state index in [0.29, 0.717) is 11.3 Å². The van der Waals surface area contributed by atoms with E-state index in [9.17, 15) is 4.79 Å². The van der Waals surface area contributed by atoms with Gasteiger partial charge in [0.25, 0.3) is 5.91 Å². The van der Waals surface area contributed by atoms with E-state index in [2.05, 4.69) is 28.6 Å². The van der Waals surface area contributed by atoms with E-state index in [1.165, 1.54) is 7.11 Å². The summed E-state index contributed by atoms with van der Waals surface area (Å²) in [5.41, 5.74) is 0.324. The van der Waals surface area contributed by atoms with Gasteiger partial charge in [-0.15, -0.1) is 12.6 Å². The van der Waals surface area contributed by atoms with Gasteiger partial charge in [-0.3, -0.25) is 4.79 Å². The fourth-order valence-corrected chi connectivity index (χ4v) is 1.57. The third-order valence-corrected chi connectivity index (χ3v) is 2.72. The second-order valence-electron chi connectivity index (χ2n) is 2.80. The van der Waals surface area contributed by atoms with Crippen molar-refractivity contribution in [2.45, 2.75) is 0 Å². The number of thiocarbonyl (C=S) groups is 1. The lowest BCUT2D eigenvalue weighted by Gasteiger charge is -2.15. The van der Waals surface area contributed by atoms with Gasteiger partial charge in [-0.2, -0.15) is 0 Å². The lowest BCUT2D eigenvalue weighted by molar-refractivity contribution is 0.0849. The first-order valence-electron chi connectivity index (χ1n) is 4.13. The summed E-state index contributed by atoms with van der Waals surface area (Å²) in [6, 6.07) is 4.98. The molecule has 7 heteroatoms. The molecule has 0 fully saturated rings. The normalized spacial score (nSPS) is 9.75. The predicted molar refractivity (Wildman–Crippen MR) is 72.6 cm³/mol. The number of hydrogen-bond donors (Lipinski definition) is 2. The summed E-state index contributed by atoms with van der Waals surface area (Å²) >= 11 is 11.8. The van der Waals surface area contributed by atoms with E-state index in [4.69, 9.17) is 22.8 Å². The zero-order chi connectivity index (χ0) is 12.3. The fourth-order valence-electron chi connectivity index (χ4n) is 1.06. The highest BCUT2D eigenvalue weighted by molar-refractivity contribution is 9.10. The van der Waals surface area contributed by atoms with Crippen molar-refractivity contribution in [1.82, 2.24) is 5.01 Å². The Bertz CT molecular complexity index is 440. The van der Waals surface area contributed by atoms with Crippen molar-refractivity contribution in [2.24, 2.45) is 5.84 Å². The first-order chi connectivity index (χ1) is 7.47. The molecule has 0 aliphatic carbocycles. The Balaban J connectivity index is 3.13. The predicted octanol–water partition coefficient (Wildman–Crippen LogP) is 1.99. The van der Waals surface area contributed by atoms with Gasteiger partial charge < -0.3 is 4.74 Å². The third kappa shape index (κ3) is 2.94. The van der Waals surface area contributed by atoms with E-state index >= 15 is 0 Å². The molecule has 0 unspecified atom stereocenters. The van der Waals surface area contributed by atoms with Crippen LogP contribution in [-0.4, -0.2) is 22.3 Å². The molecular weight excluding hydrogens is 312 g/mol. The SMILES string of the molecule is COc1cc(Br)ccc1C(=O)N(N)C(=S)S. The zero-order valence-corrected chi connectivity index (χ0v) is 11.6. The van der Waals surface area contributed by atoms with E-state index in [1.807, 2.05) is 0 Å². The van der Waals surface area contributed by atoms with Crippen LogP contribution in [0.2, 0.25) is 0 Å². The molecule has 0 aliphatic rings. The highest BCUT2D eigenvalue weighted by Crippen LogP contribution is 2.24. The molecule has 4 nitrogen and oxygen atoms in total. The average molecular weight is 321 g/mol. The van der Waals surface area contributed by atoms with Crippen LogP contribution in [0.4, 0.5) is 0 Å². The maximum absolute atomic E-state index is 11.8. The molecule has 0 radical (unpaired) electrons. The molecule has 86 valence electrons. The van der Waals surface area contributed by atoms with Crippen molar-refractivity contribution < 1.29 is 9.53 Å². The zero-order valence-electron chi connectivity index (χ0n) is 8.31. The quantitative estimate of drug-likeness (QED) is 0.288. The van der Waals surface area contributed by atoms with Gasteiger partial charge in [0.2, 0.25) is 0 Å². The highest BCUT2D eigenvalue weighted by Gasteiger charge is 2.18. The molecule has 0 atom stereocenters. The number of amides is 1.